The second-order valence-electron chi connectivity index (χ2n) is 3.61. The van der Waals surface area contributed by atoms with Gasteiger partial charge in [-0.2, -0.15) is 0 Å². The van der Waals surface area contributed by atoms with Gasteiger partial charge in [0.05, 0.1) is 0 Å². The van der Waals surface area contributed by atoms with Crippen LogP contribution in [-0.4, -0.2) is 6.29 Å². The number of unbranched alkanes of at least 4 members (excludes halogenated alkanes) is 7. The molecule has 0 amide bonds. The fourth-order valence-corrected chi connectivity index (χ4v) is 1.50. The van der Waals surface area contributed by atoms with Crippen molar-refractivity contribution in [2.75, 3.05) is 0 Å². The predicted octanol–water partition coefficient (Wildman–Crippen LogP) is 4.61. The second-order valence-corrected chi connectivity index (χ2v) is 3.86. The Morgan fingerprint density at radius 3 is 2.00 bits per heavy atom. The molecule has 0 atom stereocenters. The Balaban J connectivity index is 3.01. The molecule has 0 bridgehead atoms. The van der Waals surface area contributed by atoms with Crippen LogP contribution in [0.1, 0.15) is 51.4 Å². The highest BCUT2D eigenvalue weighted by molar-refractivity contribution is 6.25. The zero-order valence-corrected chi connectivity index (χ0v) is 10.1. The largest absolute Gasteiger partial charge is 0.303 e. The van der Waals surface area contributed by atoms with Crippen LogP contribution in [0.3, 0.4) is 0 Å². The van der Waals surface area contributed by atoms with Gasteiger partial charge in [-0.3, -0.25) is 0 Å². The summed E-state index contributed by atoms with van der Waals surface area (Å²) in [6, 6.07) is 0. The van der Waals surface area contributed by atoms with E-state index in [9.17, 15) is 4.79 Å². The topological polar surface area (TPSA) is 17.1 Å². The number of aldehydes is 1. The van der Waals surface area contributed by atoms with Gasteiger partial charge in [-0.15, -0.1) is 0 Å². The fourth-order valence-electron chi connectivity index (χ4n) is 1.41. The van der Waals surface area contributed by atoms with Crippen molar-refractivity contribution >= 4 is 17.9 Å². The molecule has 0 rings (SSSR count). The third-order valence-corrected chi connectivity index (χ3v) is 2.41. The molecular formula is C13H21ClO. The molecule has 0 saturated heterocycles. The maximum absolute atomic E-state index is 10.0. The molecule has 15 heavy (non-hydrogen) atoms. The van der Waals surface area contributed by atoms with Crippen molar-refractivity contribution in [2.45, 2.75) is 51.4 Å². The van der Waals surface area contributed by atoms with Gasteiger partial charge in [-0.25, -0.2) is 0 Å². The quantitative estimate of drug-likeness (QED) is 0.303. The summed E-state index contributed by atoms with van der Waals surface area (Å²) in [6.07, 6.45) is 16.2. The van der Waals surface area contributed by atoms with Crippen molar-refractivity contribution in [1.82, 2.24) is 0 Å². The van der Waals surface area contributed by atoms with Gasteiger partial charge in [-0.1, -0.05) is 55.5 Å². The van der Waals surface area contributed by atoms with Crippen LogP contribution in [0.15, 0.2) is 23.8 Å². The van der Waals surface area contributed by atoms with Crippen molar-refractivity contribution in [1.29, 1.82) is 0 Å². The number of allylic oxidation sites excluding steroid dienone is 3. The average Bonchev–Trinajstić information content (AvgIpc) is 2.26. The smallest absolute Gasteiger partial charge is 0.119 e. The number of hydrogen-bond acceptors (Lipinski definition) is 1. The van der Waals surface area contributed by atoms with Crippen molar-refractivity contribution < 1.29 is 4.79 Å². The number of carbonyl (C=O) groups excluding carboxylic acids is 1. The highest BCUT2D eigenvalue weighted by atomic mass is 35.5. The lowest BCUT2D eigenvalue weighted by Crippen LogP contribution is -1.80. The summed E-state index contributed by atoms with van der Waals surface area (Å²) in [5, 5.41) is 0. The highest BCUT2D eigenvalue weighted by Gasteiger charge is 1.89. The first-order valence-corrected chi connectivity index (χ1v) is 6.21. The molecule has 0 aliphatic carbocycles. The minimum absolute atomic E-state index is 0.730. The lowest BCUT2D eigenvalue weighted by molar-refractivity contribution is -0.107. The monoisotopic (exact) mass is 228 g/mol. The Hall–Kier alpha value is -0.560. The van der Waals surface area contributed by atoms with Gasteiger partial charge in [0, 0.05) is 12.0 Å². The zero-order chi connectivity index (χ0) is 11.2. The van der Waals surface area contributed by atoms with Crippen molar-refractivity contribution in [3.63, 3.8) is 0 Å². The standard InChI is InChI=1S/C13H21ClO/c14-12-10-8-6-4-2-1-3-5-7-9-11-13-15/h6,8,10,12-13H,1-5,7,9,11H2/b8-6+,12-10+. The third-order valence-electron chi connectivity index (χ3n) is 2.26. The first-order valence-electron chi connectivity index (χ1n) is 5.77. The van der Waals surface area contributed by atoms with E-state index in [1.54, 1.807) is 0 Å². The Morgan fingerprint density at radius 1 is 0.800 bits per heavy atom. The number of halogens is 1. The SMILES string of the molecule is O=CCCCCCCCC/C=C/C=C/Cl. The molecule has 0 aliphatic rings. The first kappa shape index (κ1) is 14.4. The van der Waals surface area contributed by atoms with Crippen LogP contribution in [-0.2, 0) is 4.79 Å². The molecule has 0 aromatic rings. The molecule has 0 unspecified atom stereocenters. The molecule has 0 N–H and O–H groups in total. The molecule has 0 aromatic heterocycles. The Kier molecular flexibility index (Phi) is 12.9. The molecule has 86 valence electrons. The average molecular weight is 229 g/mol. The van der Waals surface area contributed by atoms with Crippen LogP contribution in [0.25, 0.3) is 0 Å². The molecule has 0 fully saturated rings. The Morgan fingerprint density at radius 2 is 1.40 bits per heavy atom. The normalized spacial score (nSPS) is 11.5. The lowest BCUT2D eigenvalue weighted by Gasteiger charge is -1.98. The van der Waals surface area contributed by atoms with Gasteiger partial charge < -0.3 is 4.79 Å². The van der Waals surface area contributed by atoms with Crippen molar-refractivity contribution in [3.05, 3.63) is 23.8 Å². The lowest BCUT2D eigenvalue weighted by atomic mass is 10.1. The van der Waals surface area contributed by atoms with E-state index in [1.807, 2.05) is 12.2 Å². The van der Waals surface area contributed by atoms with E-state index in [-0.39, 0.29) is 0 Å². The van der Waals surface area contributed by atoms with Crippen LogP contribution in [0.5, 0.6) is 0 Å². The molecule has 1 nitrogen and oxygen atoms in total. The van der Waals surface area contributed by atoms with Gasteiger partial charge in [0.2, 0.25) is 0 Å². The zero-order valence-electron chi connectivity index (χ0n) is 9.33. The molecule has 0 saturated carbocycles. The molecule has 0 aliphatic heterocycles. The van der Waals surface area contributed by atoms with Gasteiger partial charge >= 0.3 is 0 Å². The van der Waals surface area contributed by atoms with Gasteiger partial charge in [-0.05, 0) is 19.3 Å². The predicted molar refractivity (Wildman–Crippen MR) is 67.1 cm³/mol. The van der Waals surface area contributed by atoms with E-state index in [1.165, 1.54) is 37.6 Å². The van der Waals surface area contributed by atoms with Crippen LogP contribution < -0.4 is 0 Å². The second kappa shape index (κ2) is 13.4. The summed E-state index contributed by atoms with van der Waals surface area (Å²) >= 11 is 5.37. The summed E-state index contributed by atoms with van der Waals surface area (Å²) in [7, 11) is 0. The summed E-state index contributed by atoms with van der Waals surface area (Å²) in [6.45, 7) is 0. The molecule has 2 heteroatoms. The van der Waals surface area contributed by atoms with Crippen LogP contribution in [0.4, 0.5) is 0 Å². The molecule has 0 aromatic carbocycles. The van der Waals surface area contributed by atoms with Crippen LogP contribution >= 0.6 is 11.6 Å². The van der Waals surface area contributed by atoms with Gasteiger partial charge in [0.25, 0.3) is 0 Å². The summed E-state index contributed by atoms with van der Waals surface area (Å²) in [5.41, 5.74) is 1.52. The van der Waals surface area contributed by atoms with E-state index in [0.717, 1.165) is 25.5 Å². The maximum atomic E-state index is 10.0. The van der Waals surface area contributed by atoms with E-state index in [0.29, 0.717) is 0 Å². The third kappa shape index (κ3) is 13.4. The summed E-state index contributed by atoms with van der Waals surface area (Å²) < 4.78 is 0. The summed E-state index contributed by atoms with van der Waals surface area (Å²) in [5.74, 6) is 0. The maximum Gasteiger partial charge on any atom is 0.119 e. The molecule has 0 radical (unpaired) electrons. The Labute approximate surface area is 98.2 Å². The number of rotatable bonds is 10. The van der Waals surface area contributed by atoms with Crippen LogP contribution in [0, 0.1) is 0 Å². The molecule has 0 heterocycles. The van der Waals surface area contributed by atoms with Crippen molar-refractivity contribution in [2.24, 2.45) is 0 Å². The van der Waals surface area contributed by atoms with E-state index in [4.69, 9.17) is 11.6 Å². The van der Waals surface area contributed by atoms with E-state index < -0.39 is 0 Å². The van der Waals surface area contributed by atoms with Gasteiger partial charge in [0.1, 0.15) is 6.29 Å². The number of carbonyl (C=O) groups is 1. The fraction of sp³-hybridized carbons (Fsp3) is 0.615. The minimum atomic E-state index is 0.730. The van der Waals surface area contributed by atoms with E-state index >= 15 is 0 Å². The number of hydrogen-bond donors (Lipinski definition) is 0. The summed E-state index contributed by atoms with van der Waals surface area (Å²) in [4.78, 5) is 10.0. The molecular weight excluding hydrogens is 208 g/mol. The first-order chi connectivity index (χ1) is 7.41. The van der Waals surface area contributed by atoms with Crippen molar-refractivity contribution in [3.8, 4) is 0 Å². The molecule has 0 spiro atoms. The van der Waals surface area contributed by atoms with Crippen LogP contribution in [0.2, 0.25) is 0 Å². The minimum Gasteiger partial charge on any atom is -0.303 e. The van der Waals surface area contributed by atoms with Gasteiger partial charge in [0.15, 0.2) is 0 Å². The highest BCUT2D eigenvalue weighted by Crippen LogP contribution is 2.08. The van der Waals surface area contributed by atoms with E-state index in [2.05, 4.69) is 6.08 Å². The Bertz CT molecular complexity index is 185.